The van der Waals surface area contributed by atoms with Gasteiger partial charge < -0.3 is 0 Å². The standard InChI is InChI=1S/C12H13Cl/c1-9(2)4-6-11-8-12(13)7-5-10(11)3/h4-8H,1H2,2-3H3/b6-4-. The van der Waals surface area contributed by atoms with Crippen molar-refractivity contribution in [3.05, 3.63) is 52.6 Å². The fraction of sp³-hybridized carbons (Fsp3) is 0.167. The van der Waals surface area contributed by atoms with E-state index in [1.165, 1.54) is 5.56 Å². The van der Waals surface area contributed by atoms with Crippen molar-refractivity contribution in [3.8, 4) is 0 Å². The lowest BCUT2D eigenvalue weighted by atomic mass is 10.1. The number of hydrogen-bond donors (Lipinski definition) is 0. The Morgan fingerprint density at radius 1 is 1.46 bits per heavy atom. The molecule has 0 bridgehead atoms. The summed E-state index contributed by atoms with van der Waals surface area (Å²) in [6.45, 7) is 7.84. The third-order valence-corrected chi connectivity index (χ3v) is 2.02. The lowest BCUT2D eigenvalue weighted by Gasteiger charge is -2.00. The van der Waals surface area contributed by atoms with E-state index in [1.54, 1.807) is 0 Å². The smallest absolute Gasteiger partial charge is 0.0412 e. The van der Waals surface area contributed by atoms with E-state index >= 15 is 0 Å². The molecular weight excluding hydrogens is 180 g/mol. The molecule has 13 heavy (non-hydrogen) atoms. The predicted octanol–water partition coefficient (Wildman–Crippen LogP) is 4.24. The number of halogens is 1. The molecule has 0 aliphatic rings. The Kier molecular flexibility index (Phi) is 3.32. The molecule has 0 amide bonds. The fourth-order valence-corrected chi connectivity index (χ4v) is 1.20. The predicted molar refractivity (Wildman–Crippen MR) is 60.0 cm³/mol. The van der Waals surface area contributed by atoms with Gasteiger partial charge in [-0.1, -0.05) is 42.0 Å². The van der Waals surface area contributed by atoms with E-state index in [1.807, 2.05) is 37.3 Å². The van der Waals surface area contributed by atoms with Crippen LogP contribution in [0.4, 0.5) is 0 Å². The highest BCUT2D eigenvalue weighted by Crippen LogP contribution is 2.17. The van der Waals surface area contributed by atoms with E-state index in [0.717, 1.165) is 16.2 Å². The number of allylic oxidation sites excluding steroid dienone is 2. The van der Waals surface area contributed by atoms with Gasteiger partial charge in [0.25, 0.3) is 0 Å². The van der Waals surface area contributed by atoms with Crippen LogP contribution < -0.4 is 0 Å². The van der Waals surface area contributed by atoms with Gasteiger partial charge in [-0.2, -0.15) is 0 Å². The monoisotopic (exact) mass is 192 g/mol. The normalized spacial score (nSPS) is 10.7. The lowest BCUT2D eigenvalue weighted by molar-refractivity contribution is 1.44. The molecular formula is C12H13Cl. The molecule has 0 radical (unpaired) electrons. The van der Waals surface area contributed by atoms with E-state index in [0.29, 0.717) is 0 Å². The van der Waals surface area contributed by atoms with Crippen molar-refractivity contribution in [3.63, 3.8) is 0 Å². The van der Waals surface area contributed by atoms with E-state index < -0.39 is 0 Å². The molecule has 0 nitrogen and oxygen atoms in total. The van der Waals surface area contributed by atoms with Crippen LogP contribution in [0.5, 0.6) is 0 Å². The summed E-state index contributed by atoms with van der Waals surface area (Å²) in [7, 11) is 0. The molecule has 0 unspecified atom stereocenters. The highest BCUT2D eigenvalue weighted by atomic mass is 35.5. The van der Waals surface area contributed by atoms with Crippen molar-refractivity contribution in [2.24, 2.45) is 0 Å². The first kappa shape index (κ1) is 10.1. The van der Waals surface area contributed by atoms with Gasteiger partial charge in [0.2, 0.25) is 0 Å². The molecule has 0 N–H and O–H groups in total. The van der Waals surface area contributed by atoms with Crippen molar-refractivity contribution in [1.29, 1.82) is 0 Å². The van der Waals surface area contributed by atoms with E-state index in [2.05, 4.69) is 13.5 Å². The minimum absolute atomic E-state index is 0.770. The third kappa shape index (κ3) is 3.08. The number of aryl methyl sites for hydroxylation is 1. The fourth-order valence-electron chi connectivity index (χ4n) is 1.02. The van der Waals surface area contributed by atoms with Crippen LogP contribution in [0.25, 0.3) is 6.08 Å². The zero-order chi connectivity index (χ0) is 9.84. The highest BCUT2D eigenvalue weighted by molar-refractivity contribution is 6.30. The van der Waals surface area contributed by atoms with Crippen molar-refractivity contribution in [2.45, 2.75) is 13.8 Å². The minimum Gasteiger partial charge on any atom is -0.0961 e. The van der Waals surface area contributed by atoms with Crippen molar-refractivity contribution in [1.82, 2.24) is 0 Å². The van der Waals surface area contributed by atoms with Gasteiger partial charge in [0.05, 0.1) is 0 Å². The molecule has 0 atom stereocenters. The topological polar surface area (TPSA) is 0 Å². The maximum atomic E-state index is 5.88. The van der Waals surface area contributed by atoms with Crippen LogP contribution in [0.3, 0.4) is 0 Å². The summed E-state index contributed by atoms with van der Waals surface area (Å²) < 4.78 is 0. The summed E-state index contributed by atoms with van der Waals surface area (Å²) in [4.78, 5) is 0. The Hall–Kier alpha value is -1.01. The van der Waals surface area contributed by atoms with Gasteiger partial charge in [-0.05, 0) is 37.1 Å². The Bertz CT molecular complexity index is 348. The van der Waals surface area contributed by atoms with Gasteiger partial charge >= 0.3 is 0 Å². The van der Waals surface area contributed by atoms with Gasteiger partial charge in [-0.25, -0.2) is 0 Å². The van der Waals surface area contributed by atoms with Gasteiger partial charge in [0, 0.05) is 5.02 Å². The first-order chi connectivity index (χ1) is 6.09. The molecule has 0 saturated heterocycles. The van der Waals surface area contributed by atoms with Gasteiger partial charge in [-0.15, -0.1) is 0 Å². The second-order valence-electron chi connectivity index (χ2n) is 3.18. The molecule has 68 valence electrons. The summed E-state index contributed by atoms with van der Waals surface area (Å²) in [5, 5.41) is 0.770. The van der Waals surface area contributed by atoms with E-state index in [4.69, 9.17) is 11.6 Å². The van der Waals surface area contributed by atoms with Crippen LogP contribution in [0, 0.1) is 6.92 Å². The first-order valence-electron chi connectivity index (χ1n) is 4.19. The Balaban J connectivity index is 3.00. The molecule has 1 aromatic carbocycles. The maximum Gasteiger partial charge on any atom is 0.0412 e. The number of benzene rings is 1. The highest BCUT2D eigenvalue weighted by Gasteiger charge is 1.94. The second kappa shape index (κ2) is 4.29. The Morgan fingerprint density at radius 3 is 2.77 bits per heavy atom. The number of hydrogen-bond acceptors (Lipinski definition) is 0. The second-order valence-corrected chi connectivity index (χ2v) is 3.62. The molecule has 0 aromatic heterocycles. The molecule has 0 heterocycles. The van der Waals surface area contributed by atoms with Crippen molar-refractivity contribution >= 4 is 17.7 Å². The summed E-state index contributed by atoms with van der Waals surface area (Å²) >= 11 is 5.88. The lowest BCUT2D eigenvalue weighted by Crippen LogP contribution is -1.79. The van der Waals surface area contributed by atoms with E-state index in [-0.39, 0.29) is 0 Å². The average molecular weight is 193 g/mol. The molecule has 0 aliphatic carbocycles. The van der Waals surface area contributed by atoms with Gasteiger partial charge in [0.15, 0.2) is 0 Å². The number of rotatable bonds is 2. The van der Waals surface area contributed by atoms with Gasteiger partial charge in [-0.3, -0.25) is 0 Å². The minimum atomic E-state index is 0.770. The SMILES string of the molecule is C=C(C)/C=C\c1cc(Cl)ccc1C. The largest absolute Gasteiger partial charge is 0.0961 e. The van der Waals surface area contributed by atoms with Crippen LogP contribution >= 0.6 is 11.6 Å². The van der Waals surface area contributed by atoms with Crippen LogP contribution in [0.2, 0.25) is 5.02 Å². The van der Waals surface area contributed by atoms with Crippen molar-refractivity contribution < 1.29 is 0 Å². The molecule has 0 spiro atoms. The first-order valence-corrected chi connectivity index (χ1v) is 4.57. The zero-order valence-corrected chi connectivity index (χ0v) is 8.73. The Morgan fingerprint density at radius 2 is 2.15 bits per heavy atom. The molecule has 0 fully saturated rings. The average Bonchev–Trinajstić information content (AvgIpc) is 2.06. The Labute approximate surface area is 84.5 Å². The quantitative estimate of drug-likeness (QED) is 0.615. The van der Waals surface area contributed by atoms with Crippen LogP contribution in [0.15, 0.2) is 36.4 Å². The molecule has 0 aliphatic heterocycles. The van der Waals surface area contributed by atoms with Crippen LogP contribution in [-0.2, 0) is 0 Å². The zero-order valence-electron chi connectivity index (χ0n) is 7.97. The summed E-state index contributed by atoms with van der Waals surface area (Å²) in [5.41, 5.74) is 3.41. The van der Waals surface area contributed by atoms with Crippen LogP contribution in [-0.4, -0.2) is 0 Å². The van der Waals surface area contributed by atoms with Crippen molar-refractivity contribution in [2.75, 3.05) is 0 Å². The molecule has 1 heteroatoms. The molecule has 1 rings (SSSR count). The molecule has 1 aromatic rings. The van der Waals surface area contributed by atoms with Crippen LogP contribution in [0.1, 0.15) is 18.1 Å². The van der Waals surface area contributed by atoms with Gasteiger partial charge in [0.1, 0.15) is 0 Å². The maximum absolute atomic E-state index is 5.88. The summed E-state index contributed by atoms with van der Waals surface area (Å²) in [6.07, 6.45) is 4.02. The molecule has 0 saturated carbocycles. The van der Waals surface area contributed by atoms with E-state index in [9.17, 15) is 0 Å². The summed E-state index contributed by atoms with van der Waals surface area (Å²) in [5.74, 6) is 0. The third-order valence-electron chi connectivity index (χ3n) is 1.79. The summed E-state index contributed by atoms with van der Waals surface area (Å²) in [6, 6.07) is 5.87.